The number of aliphatic hydroxyl groups is 1. The minimum atomic E-state index is -0.584. The van der Waals surface area contributed by atoms with E-state index in [2.05, 4.69) is 4.90 Å². The van der Waals surface area contributed by atoms with Gasteiger partial charge in [-0.3, -0.25) is 4.79 Å². The Morgan fingerprint density at radius 2 is 2.00 bits per heavy atom. The summed E-state index contributed by atoms with van der Waals surface area (Å²) in [4.78, 5) is 13.3. The summed E-state index contributed by atoms with van der Waals surface area (Å²) in [6.45, 7) is 4.95. The van der Waals surface area contributed by atoms with Gasteiger partial charge in [0, 0.05) is 24.3 Å². The van der Waals surface area contributed by atoms with Crippen LogP contribution in [0.1, 0.15) is 30.6 Å². The summed E-state index contributed by atoms with van der Waals surface area (Å²) in [7, 11) is 0. The second kappa shape index (κ2) is 3.91. The normalized spacial score (nSPS) is 24.8. The minimum absolute atomic E-state index is 0.0833. The van der Waals surface area contributed by atoms with E-state index in [-0.39, 0.29) is 5.78 Å². The van der Waals surface area contributed by atoms with Crippen LogP contribution >= 0.6 is 0 Å². The van der Waals surface area contributed by atoms with Crippen LogP contribution in [0.25, 0.3) is 0 Å². The molecule has 3 nitrogen and oxygen atoms in total. The van der Waals surface area contributed by atoms with Gasteiger partial charge in [0.1, 0.15) is 0 Å². The first kappa shape index (κ1) is 11.1. The number of benzene rings is 1. The summed E-state index contributed by atoms with van der Waals surface area (Å²) in [6, 6.07) is 7.56. The van der Waals surface area contributed by atoms with E-state index in [4.69, 9.17) is 0 Å². The van der Waals surface area contributed by atoms with E-state index in [1.165, 1.54) is 0 Å². The molecule has 1 aliphatic rings. The molecule has 3 heteroatoms. The molecule has 1 unspecified atom stereocenters. The Bertz CT molecular complexity index is 395. The van der Waals surface area contributed by atoms with Crippen molar-refractivity contribution in [1.82, 2.24) is 0 Å². The Kier molecular flexibility index (Phi) is 2.72. The SMILES string of the molecule is CC(=O)c1ccc(N2CCC(C)(O)C2)cc1. The number of carbonyl (C=O) groups excluding carboxylic acids is 1. The molecule has 1 saturated heterocycles. The number of nitrogens with zero attached hydrogens (tertiary/aromatic N) is 1. The van der Waals surface area contributed by atoms with E-state index in [9.17, 15) is 9.90 Å². The lowest BCUT2D eigenvalue weighted by Crippen LogP contribution is -2.29. The van der Waals surface area contributed by atoms with Crippen molar-refractivity contribution >= 4 is 11.5 Å². The molecule has 1 aromatic carbocycles. The zero-order valence-corrected chi connectivity index (χ0v) is 9.73. The zero-order valence-electron chi connectivity index (χ0n) is 9.73. The predicted molar refractivity (Wildman–Crippen MR) is 63.9 cm³/mol. The molecule has 0 amide bonds. The molecule has 0 saturated carbocycles. The minimum Gasteiger partial charge on any atom is -0.388 e. The quantitative estimate of drug-likeness (QED) is 0.772. The van der Waals surface area contributed by atoms with Crippen molar-refractivity contribution in [2.75, 3.05) is 18.0 Å². The van der Waals surface area contributed by atoms with Gasteiger partial charge < -0.3 is 10.0 Å². The fourth-order valence-electron chi connectivity index (χ4n) is 2.07. The average molecular weight is 219 g/mol. The highest BCUT2D eigenvalue weighted by Gasteiger charge is 2.31. The Labute approximate surface area is 95.7 Å². The molecule has 16 heavy (non-hydrogen) atoms. The second-order valence-electron chi connectivity index (χ2n) is 4.77. The van der Waals surface area contributed by atoms with Crippen LogP contribution in [0.3, 0.4) is 0 Å². The van der Waals surface area contributed by atoms with Gasteiger partial charge >= 0.3 is 0 Å². The standard InChI is InChI=1S/C13H17NO2/c1-10(15)11-3-5-12(6-4-11)14-8-7-13(2,16)9-14/h3-6,16H,7-9H2,1-2H3. The molecule has 0 radical (unpaired) electrons. The van der Waals surface area contributed by atoms with Crippen LogP contribution in [0.2, 0.25) is 0 Å². The van der Waals surface area contributed by atoms with Crippen molar-refractivity contribution in [3.8, 4) is 0 Å². The van der Waals surface area contributed by atoms with Crippen LogP contribution in [0.5, 0.6) is 0 Å². The molecule has 0 aliphatic carbocycles. The summed E-state index contributed by atoms with van der Waals surface area (Å²) in [5.41, 5.74) is 1.22. The third kappa shape index (κ3) is 2.25. The van der Waals surface area contributed by atoms with Gasteiger partial charge in [-0.15, -0.1) is 0 Å². The van der Waals surface area contributed by atoms with Crippen LogP contribution in [0.4, 0.5) is 5.69 Å². The van der Waals surface area contributed by atoms with Crippen LogP contribution < -0.4 is 4.90 Å². The number of carbonyl (C=O) groups is 1. The maximum absolute atomic E-state index is 11.1. The van der Waals surface area contributed by atoms with Crippen LogP contribution in [0, 0.1) is 0 Å². The first-order valence-electron chi connectivity index (χ1n) is 5.56. The van der Waals surface area contributed by atoms with Gasteiger partial charge in [-0.2, -0.15) is 0 Å². The van der Waals surface area contributed by atoms with E-state index in [0.29, 0.717) is 6.54 Å². The van der Waals surface area contributed by atoms with Gasteiger partial charge in [-0.25, -0.2) is 0 Å². The molecule has 1 heterocycles. The highest BCUT2D eigenvalue weighted by molar-refractivity contribution is 5.94. The summed E-state index contributed by atoms with van der Waals surface area (Å²) in [5, 5.41) is 9.87. The number of rotatable bonds is 2. The lowest BCUT2D eigenvalue weighted by Gasteiger charge is -2.20. The molecule has 1 fully saturated rings. The van der Waals surface area contributed by atoms with Crippen LogP contribution in [-0.4, -0.2) is 29.6 Å². The van der Waals surface area contributed by atoms with Gasteiger partial charge in [0.2, 0.25) is 0 Å². The van der Waals surface area contributed by atoms with Crippen molar-refractivity contribution in [1.29, 1.82) is 0 Å². The highest BCUT2D eigenvalue weighted by Crippen LogP contribution is 2.26. The Balaban J connectivity index is 2.14. The maximum atomic E-state index is 11.1. The summed E-state index contributed by atoms with van der Waals surface area (Å²) < 4.78 is 0. The maximum Gasteiger partial charge on any atom is 0.159 e. The van der Waals surface area contributed by atoms with E-state index in [0.717, 1.165) is 24.2 Å². The molecule has 1 aliphatic heterocycles. The number of ketones is 1. The van der Waals surface area contributed by atoms with E-state index in [1.807, 2.05) is 31.2 Å². The Hall–Kier alpha value is -1.35. The van der Waals surface area contributed by atoms with E-state index >= 15 is 0 Å². The van der Waals surface area contributed by atoms with Crippen LogP contribution in [0.15, 0.2) is 24.3 Å². The Morgan fingerprint density at radius 3 is 2.44 bits per heavy atom. The molecular formula is C13H17NO2. The fraction of sp³-hybridized carbons (Fsp3) is 0.462. The predicted octanol–water partition coefficient (Wildman–Crippen LogP) is 1.85. The van der Waals surface area contributed by atoms with E-state index in [1.54, 1.807) is 6.92 Å². The Morgan fingerprint density at radius 1 is 1.38 bits per heavy atom. The molecule has 0 aromatic heterocycles. The van der Waals surface area contributed by atoms with Gasteiger partial charge in [0.05, 0.1) is 5.60 Å². The molecule has 86 valence electrons. The van der Waals surface area contributed by atoms with Crippen molar-refractivity contribution in [3.05, 3.63) is 29.8 Å². The topological polar surface area (TPSA) is 40.5 Å². The number of hydrogen-bond donors (Lipinski definition) is 1. The smallest absolute Gasteiger partial charge is 0.159 e. The molecule has 1 atom stereocenters. The molecule has 1 aromatic rings. The van der Waals surface area contributed by atoms with Gasteiger partial charge in [-0.05, 0) is 44.5 Å². The first-order chi connectivity index (χ1) is 7.48. The zero-order chi connectivity index (χ0) is 11.8. The lowest BCUT2D eigenvalue weighted by molar-refractivity contribution is 0.0839. The number of β-amino-alcohol motifs (C(OH)–C–C–N with tert-alkyl or cyclic N) is 1. The van der Waals surface area contributed by atoms with Gasteiger partial charge in [-0.1, -0.05) is 0 Å². The van der Waals surface area contributed by atoms with E-state index < -0.39 is 5.60 Å². The number of Topliss-reactive ketones (excluding diaryl/α,β-unsaturated/α-hetero) is 1. The largest absolute Gasteiger partial charge is 0.388 e. The second-order valence-corrected chi connectivity index (χ2v) is 4.77. The fourth-order valence-corrected chi connectivity index (χ4v) is 2.07. The first-order valence-corrected chi connectivity index (χ1v) is 5.56. The van der Waals surface area contributed by atoms with Gasteiger partial charge in [0.15, 0.2) is 5.78 Å². The monoisotopic (exact) mass is 219 g/mol. The molecule has 1 N–H and O–H groups in total. The average Bonchev–Trinajstić information content (AvgIpc) is 2.59. The number of anilines is 1. The highest BCUT2D eigenvalue weighted by atomic mass is 16.3. The third-order valence-corrected chi connectivity index (χ3v) is 3.09. The molecule has 0 spiro atoms. The van der Waals surface area contributed by atoms with Crippen molar-refractivity contribution < 1.29 is 9.90 Å². The lowest BCUT2D eigenvalue weighted by atomic mass is 10.1. The number of hydrogen-bond acceptors (Lipinski definition) is 3. The third-order valence-electron chi connectivity index (χ3n) is 3.09. The summed E-state index contributed by atoms with van der Waals surface area (Å²) >= 11 is 0. The van der Waals surface area contributed by atoms with Crippen molar-refractivity contribution in [2.24, 2.45) is 0 Å². The summed E-state index contributed by atoms with van der Waals surface area (Å²) in [6.07, 6.45) is 0.793. The molecule has 2 rings (SSSR count). The van der Waals surface area contributed by atoms with Crippen molar-refractivity contribution in [2.45, 2.75) is 25.9 Å². The molecular weight excluding hydrogens is 202 g/mol. The molecule has 0 bridgehead atoms. The van der Waals surface area contributed by atoms with Gasteiger partial charge in [0.25, 0.3) is 0 Å². The van der Waals surface area contributed by atoms with Crippen LogP contribution in [-0.2, 0) is 0 Å². The van der Waals surface area contributed by atoms with Crippen molar-refractivity contribution in [3.63, 3.8) is 0 Å². The summed E-state index contributed by atoms with van der Waals surface area (Å²) in [5.74, 6) is 0.0833.